The molecule has 1 aromatic rings. The average Bonchev–Trinajstić information content (AvgIpc) is 2.88. The van der Waals surface area contributed by atoms with Gasteiger partial charge in [-0.1, -0.05) is 12.1 Å². The van der Waals surface area contributed by atoms with Gasteiger partial charge in [-0.2, -0.15) is 4.98 Å². The number of rotatable bonds is 4. The molecule has 2 heterocycles. The number of carbonyl (C=O) groups excluding carboxylic acids is 1. The van der Waals surface area contributed by atoms with Gasteiger partial charge in [-0.05, 0) is 33.1 Å². The maximum absolute atomic E-state index is 11.4. The van der Waals surface area contributed by atoms with E-state index in [1.807, 2.05) is 13.8 Å². The summed E-state index contributed by atoms with van der Waals surface area (Å²) >= 11 is 0. The smallest absolute Gasteiger partial charge is 0.237 e. The fourth-order valence-corrected chi connectivity index (χ4v) is 2.18. The van der Waals surface area contributed by atoms with Crippen LogP contribution in [-0.4, -0.2) is 22.5 Å². The first-order valence-corrected chi connectivity index (χ1v) is 6.05. The predicted molar refractivity (Wildman–Crippen MR) is 60.5 cm³/mol. The molecule has 5 heteroatoms. The van der Waals surface area contributed by atoms with Gasteiger partial charge in [0.1, 0.15) is 11.4 Å². The van der Waals surface area contributed by atoms with E-state index in [1.54, 1.807) is 6.92 Å². The quantitative estimate of drug-likeness (QED) is 0.804. The van der Waals surface area contributed by atoms with Gasteiger partial charge in [0.2, 0.25) is 11.7 Å². The second kappa shape index (κ2) is 4.56. The molecule has 1 aliphatic heterocycles. The van der Waals surface area contributed by atoms with Crippen molar-refractivity contribution in [1.29, 1.82) is 0 Å². The Kier molecular flexibility index (Phi) is 3.28. The van der Waals surface area contributed by atoms with E-state index in [0.717, 1.165) is 19.4 Å². The van der Waals surface area contributed by atoms with E-state index in [0.29, 0.717) is 18.1 Å². The molecular weight excluding hydrogens is 220 g/mol. The summed E-state index contributed by atoms with van der Waals surface area (Å²) in [6, 6.07) is 0. The van der Waals surface area contributed by atoms with Gasteiger partial charge in [0.25, 0.3) is 0 Å². The highest BCUT2D eigenvalue weighted by atomic mass is 16.5. The molecule has 2 atom stereocenters. The van der Waals surface area contributed by atoms with Crippen LogP contribution >= 0.6 is 0 Å². The van der Waals surface area contributed by atoms with Crippen LogP contribution in [0.1, 0.15) is 57.7 Å². The normalized spacial score (nSPS) is 26.1. The molecule has 0 saturated carbocycles. The Hall–Kier alpha value is -1.23. The summed E-state index contributed by atoms with van der Waals surface area (Å²) in [7, 11) is 0. The van der Waals surface area contributed by atoms with Crippen LogP contribution in [0.3, 0.4) is 0 Å². The third kappa shape index (κ3) is 2.24. The lowest BCUT2D eigenvalue weighted by molar-refractivity contribution is -0.119. The molecule has 1 fully saturated rings. The van der Waals surface area contributed by atoms with E-state index >= 15 is 0 Å². The summed E-state index contributed by atoms with van der Waals surface area (Å²) in [6.07, 6.45) is 2.57. The van der Waals surface area contributed by atoms with Crippen molar-refractivity contribution in [3.63, 3.8) is 0 Å². The zero-order chi connectivity index (χ0) is 12.5. The Morgan fingerprint density at radius 3 is 2.88 bits per heavy atom. The molecule has 1 aliphatic rings. The van der Waals surface area contributed by atoms with Gasteiger partial charge in [-0.3, -0.25) is 4.79 Å². The molecule has 1 saturated heterocycles. The van der Waals surface area contributed by atoms with Crippen LogP contribution in [0.25, 0.3) is 0 Å². The van der Waals surface area contributed by atoms with Gasteiger partial charge in [0, 0.05) is 6.61 Å². The van der Waals surface area contributed by atoms with E-state index in [-0.39, 0.29) is 11.7 Å². The standard InChI is InChI=1S/C12H18N2O3/c1-4-9(8(2)15)10-13-11(14-17-10)12(3)6-5-7-16-12/h9H,4-7H2,1-3H3. The molecular formula is C12H18N2O3. The summed E-state index contributed by atoms with van der Waals surface area (Å²) in [6.45, 7) is 6.17. The molecule has 0 aromatic carbocycles. The predicted octanol–water partition coefficient (Wildman–Crippen LogP) is 2.18. The van der Waals surface area contributed by atoms with Crippen LogP contribution in [0.15, 0.2) is 4.52 Å². The van der Waals surface area contributed by atoms with E-state index in [9.17, 15) is 4.79 Å². The van der Waals surface area contributed by atoms with Gasteiger partial charge in [-0.25, -0.2) is 0 Å². The van der Waals surface area contributed by atoms with Crippen molar-refractivity contribution in [2.45, 2.75) is 51.6 Å². The molecule has 0 aliphatic carbocycles. The molecule has 0 amide bonds. The van der Waals surface area contributed by atoms with E-state index < -0.39 is 5.60 Å². The van der Waals surface area contributed by atoms with Crippen molar-refractivity contribution in [3.8, 4) is 0 Å². The molecule has 0 spiro atoms. The lowest BCUT2D eigenvalue weighted by atomic mass is 10.0. The SMILES string of the molecule is CCC(C(C)=O)c1nc(C2(C)CCCO2)no1. The number of ketones is 1. The summed E-state index contributed by atoms with van der Waals surface area (Å²) in [5.41, 5.74) is -0.448. The Bertz CT molecular complexity index is 408. The molecule has 0 bridgehead atoms. The number of hydrogen-bond donors (Lipinski definition) is 0. The van der Waals surface area contributed by atoms with Gasteiger partial charge in [0.05, 0.1) is 5.92 Å². The summed E-state index contributed by atoms with van der Waals surface area (Å²) in [5, 5.41) is 3.96. The molecule has 2 rings (SSSR count). The molecule has 5 nitrogen and oxygen atoms in total. The van der Waals surface area contributed by atoms with Crippen LogP contribution < -0.4 is 0 Å². The molecule has 0 N–H and O–H groups in total. The molecule has 1 aromatic heterocycles. The fourth-order valence-electron chi connectivity index (χ4n) is 2.18. The third-order valence-electron chi connectivity index (χ3n) is 3.33. The van der Waals surface area contributed by atoms with Crippen molar-refractivity contribution in [2.75, 3.05) is 6.61 Å². The minimum Gasteiger partial charge on any atom is -0.367 e. The first kappa shape index (κ1) is 12.2. The Labute approximate surface area is 101 Å². The van der Waals surface area contributed by atoms with Gasteiger partial charge < -0.3 is 9.26 Å². The fraction of sp³-hybridized carbons (Fsp3) is 0.750. The first-order valence-electron chi connectivity index (χ1n) is 6.05. The number of carbonyl (C=O) groups is 1. The minimum absolute atomic E-state index is 0.0557. The number of Topliss-reactive ketones (excluding diaryl/α,β-unsaturated/α-hetero) is 1. The molecule has 0 radical (unpaired) electrons. The van der Waals surface area contributed by atoms with E-state index in [2.05, 4.69) is 10.1 Å². The topological polar surface area (TPSA) is 65.2 Å². The lowest BCUT2D eigenvalue weighted by Crippen LogP contribution is -2.22. The highest BCUT2D eigenvalue weighted by molar-refractivity contribution is 5.82. The average molecular weight is 238 g/mol. The molecule has 94 valence electrons. The lowest BCUT2D eigenvalue weighted by Gasteiger charge is -2.17. The van der Waals surface area contributed by atoms with E-state index in [1.165, 1.54) is 0 Å². The van der Waals surface area contributed by atoms with Crippen LogP contribution in [0.5, 0.6) is 0 Å². The zero-order valence-electron chi connectivity index (χ0n) is 10.5. The number of aromatic nitrogens is 2. The van der Waals surface area contributed by atoms with Gasteiger partial charge >= 0.3 is 0 Å². The van der Waals surface area contributed by atoms with Crippen LogP contribution in [0, 0.1) is 0 Å². The summed E-state index contributed by atoms with van der Waals surface area (Å²) < 4.78 is 10.8. The Balaban J connectivity index is 2.23. The van der Waals surface area contributed by atoms with Crippen LogP contribution in [0.2, 0.25) is 0 Å². The maximum Gasteiger partial charge on any atom is 0.237 e. The van der Waals surface area contributed by atoms with Gasteiger partial charge in [-0.15, -0.1) is 0 Å². The maximum atomic E-state index is 11.4. The summed E-state index contributed by atoms with van der Waals surface area (Å²) in [5.74, 6) is 0.734. The van der Waals surface area contributed by atoms with Crippen LogP contribution in [-0.2, 0) is 15.1 Å². The number of nitrogens with zero attached hydrogens (tertiary/aromatic N) is 2. The Morgan fingerprint density at radius 1 is 1.59 bits per heavy atom. The second-order valence-electron chi connectivity index (χ2n) is 4.71. The zero-order valence-corrected chi connectivity index (χ0v) is 10.5. The minimum atomic E-state index is -0.448. The third-order valence-corrected chi connectivity index (χ3v) is 3.33. The molecule has 2 unspecified atom stereocenters. The van der Waals surface area contributed by atoms with Crippen molar-refractivity contribution in [3.05, 3.63) is 11.7 Å². The number of ether oxygens (including phenoxy) is 1. The van der Waals surface area contributed by atoms with Crippen molar-refractivity contribution in [1.82, 2.24) is 10.1 Å². The van der Waals surface area contributed by atoms with E-state index in [4.69, 9.17) is 9.26 Å². The van der Waals surface area contributed by atoms with Crippen molar-refractivity contribution in [2.24, 2.45) is 0 Å². The number of hydrogen-bond acceptors (Lipinski definition) is 5. The highest BCUT2D eigenvalue weighted by Crippen LogP contribution is 2.34. The van der Waals surface area contributed by atoms with Crippen molar-refractivity contribution >= 4 is 5.78 Å². The second-order valence-corrected chi connectivity index (χ2v) is 4.71. The Morgan fingerprint density at radius 2 is 2.35 bits per heavy atom. The summed E-state index contributed by atoms with van der Waals surface area (Å²) in [4.78, 5) is 15.8. The van der Waals surface area contributed by atoms with Crippen LogP contribution in [0.4, 0.5) is 0 Å². The first-order chi connectivity index (χ1) is 8.07. The van der Waals surface area contributed by atoms with Gasteiger partial charge in [0.15, 0.2) is 0 Å². The highest BCUT2D eigenvalue weighted by Gasteiger charge is 2.37. The molecule has 17 heavy (non-hydrogen) atoms. The monoisotopic (exact) mass is 238 g/mol. The largest absolute Gasteiger partial charge is 0.367 e. The van der Waals surface area contributed by atoms with Crippen molar-refractivity contribution < 1.29 is 14.1 Å².